The zero-order valence-corrected chi connectivity index (χ0v) is 7.05. The molecule has 2 rings (SSSR count). The lowest BCUT2D eigenvalue weighted by Crippen LogP contribution is -2.29. The summed E-state index contributed by atoms with van der Waals surface area (Å²) >= 11 is 0. The lowest BCUT2D eigenvalue weighted by molar-refractivity contribution is -0.110. The number of hydrogen-bond acceptors (Lipinski definition) is 1. The Kier molecular flexibility index (Phi) is 1.87. The predicted octanol–water partition coefficient (Wildman–Crippen LogP) is 2.70. The molecule has 0 aliphatic carbocycles. The van der Waals surface area contributed by atoms with Crippen molar-refractivity contribution < 1.29 is 13.2 Å². The Morgan fingerprint density at radius 3 is 2.50 bits per heavy atom. The first kappa shape index (κ1) is 8.93. The summed E-state index contributed by atoms with van der Waals surface area (Å²) in [5.41, 5.74) is 1.93. The Morgan fingerprint density at radius 2 is 1.79 bits per heavy atom. The third-order valence-corrected chi connectivity index (χ3v) is 1.85. The van der Waals surface area contributed by atoms with Crippen LogP contribution in [0.4, 0.5) is 13.2 Å². The molecule has 0 atom stereocenters. The third-order valence-electron chi connectivity index (χ3n) is 1.85. The molecule has 2 aromatic rings. The third kappa shape index (κ3) is 1.66. The average molecular weight is 200 g/mol. The molecular weight excluding hydrogens is 193 g/mol. The van der Waals surface area contributed by atoms with Crippen LogP contribution < -0.4 is 5.43 Å². The van der Waals surface area contributed by atoms with Crippen LogP contribution in [0.2, 0.25) is 0 Å². The van der Waals surface area contributed by atoms with Gasteiger partial charge >= 0.3 is 6.30 Å². The minimum absolute atomic E-state index is 0.504. The number of alkyl halides is 3. The highest BCUT2D eigenvalue weighted by Gasteiger charge is 2.27. The highest BCUT2D eigenvalue weighted by atomic mass is 19.4. The maximum atomic E-state index is 12.0. The number of aromatic nitrogens is 1. The monoisotopic (exact) mass is 200 g/mol. The Labute approximate surface area is 77.9 Å². The summed E-state index contributed by atoms with van der Waals surface area (Å²) in [6, 6.07) is 8.46. The summed E-state index contributed by atoms with van der Waals surface area (Å²) in [6.45, 7) is 0. The van der Waals surface area contributed by atoms with Crippen molar-refractivity contribution in [1.29, 1.82) is 0 Å². The molecule has 0 fully saturated rings. The standard InChI is InChI=1S/C9H7F3N2/c10-9(11,12)13-14-6-5-7-3-1-2-4-8(7)14/h1-6,13H. The van der Waals surface area contributed by atoms with E-state index in [1.165, 1.54) is 11.6 Å². The quantitative estimate of drug-likeness (QED) is 0.700. The van der Waals surface area contributed by atoms with Crippen molar-refractivity contribution in [2.24, 2.45) is 0 Å². The smallest absolute Gasteiger partial charge is 0.260 e. The van der Waals surface area contributed by atoms with Crippen molar-refractivity contribution in [3.05, 3.63) is 36.5 Å². The van der Waals surface area contributed by atoms with Crippen LogP contribution in [0.5, 0.6) is 0 Å². The van der Waals surface area contributed by atoms with Gasteiger partial charge in [0, 0.05) is 11.6 Å². The van der Waals surface area contributed by atoms with Gasteiger partial charge in [-0.2, -0.15) is 0 Å². The lowest BCUT2D eigenvalue weighted by Gasteiger charge is -2.11. The van der Waals surface area contributed by atoms with Crippen LogP contribution in [0.3, 0.4) is 0 Å². The molecule has 0 saturated heterocycles. The molecule has 0 aliphatic rings. The van der Waals surface area contributed by atoms with E-state index in [2.05, 4.69) is 0 Å². The number of nitrogens with one attached hydrogen (secondary N) is 1. The molecule has 0 amide bonds. The van der Waals surface area contributed by atoms with Crippen LogP contribution in [0.1, 0.15) is 0 Å². The maximum Gasteiger partial charge on any atom is 0.496 e. The number of rotatable bonds is 1. The second-order valence-corrected chi connectivity index (χ2v) is 2.85. The summed E-state index contributed by atoms with van der Waals surface area (Å²) in [6.07, 6.45) is -3.07. The van der Waals surface area contributed by atoms with Gasteiger partial charge in [-0.25, -0.2) is 5.43 Å². The van der Waals surface area contributed by atoms with Gasteiger partial charge in [-0.1, -0.05) is 18.2 Å². The molecule has 0 unspecified atom stereocenters. The Bertz CT molecular complexity index is 444. The number of fused-ring (bicyclic) bond motifs is 1. The van der Waals surface area contributed by atoms with Gasteiger partial charge in [-0.15, -0.1) is 13.2 Å². The summed E-state index contributed by atoms with van der Waals surface area (Å²) in [7, 11) is 0. The van der Waals surface area contributed by atoms with E-state index in [4.69, 9.17) is 0 Å². The first-order valence-electron chi connectivity index (χ1n) is 3.97. The van der Waals surface area contributed by atoms with Crippen molar-refractivity contribution in [3.8, 4) is 0 Å². The first-order valence-corrected chi connectivity index (χ1v) is 3.97. The molecule has 1 N–H and O–H groups in total. The van der Waals surface area contributed by atoms with Gasteiger partial charge in [0.1, 0.15) is 0 Å². The van der Waals surface area contributed by atoms with Crippen LogP contribution in [-0.2, 0) is 0 Å². The fraction of sp³-hybridized carbons (Fsp3) is 0.111. The molecule has 14 heavy (non-hydrogen) atoms. The van der Waals surface area contributed by atoms with Crippen LogP contribution in [0, 0.1) is 0 Å². The van der Waals surface area contributed by atoms with E-state index in [-0.39, 0.29) is 0 Å². The molecule has 5 heteroatoms. The summed E-state index contributed by atoms with van der Waals surface area (Å²) in [5.74, 6) is 0. The molecule has 0 spiro atoms. The normalized spacial score (nSPS) is 11.9. The molecule has 0 radical (unpaired) electrons. The molecule has 1 aromatic heterocycles. The number of nitrogens with zero attached hydrogens (tertiary/aromatic N) is 1. The minimum atomic E-state index is -4.41. The molecule has 2 nitrogen and oxygen atoms in total. The SMILES string of the molecule is FC(F)(F)Nn1ccc2ccccc21. The van der Waals surface area contributed by atoms with Gasteiger partial charge in [0.05, 0.1) is 5.52 Å². The van der Waals surface area contributed by atoms with E-state index in [1.54, 1.807) is 30.3 Å². The van der Waals surface area contributed by atoms with Gasteiger partial charge < -0.3 is 0 Å². The Morgan fingerprint density at radius 1 is 1.07 bits per heavy atom. The van der Waals surface area contributed by atoms with Crippen molar-refractivity contribution in [2.45, 2.75) is 6.30 Å². The van der Waals surface area contributed by atoms with Gasteiger partial charge in [-0.3, -0.25) is 4.68 Å². The molecule has 0 aliphatic heterocycles. The van der Waals surface area contributed by atoms with Crippen LogP contribution >= 0.6 is 0 Å². The van der Waals surface area contributed by atoms with Crippen LogP contribution in [0.15, 0.2) is 36.5 Å². The van der Waals surface area contributed by atoms with Crippen LogP contribution in [0.25, 0.3) is 10.9 Å². The van der Waals surface area contributed by atoms with Gasteiger partial charge in [0.15, 0.2) is 0 Å². The molecular formula is C9H7F3N2. The minimum Gasteiger partial charge on any atom is -0.260 e. The number of hydrogen-bond donors (Lipinski definition) is 1. The zero-order chi connectivity index (χ0) is 10.2. The fourth-order valence-corrected chi connectivity index (χ4v) is 1.32. The topological polar surface area (TPSA) is 17.0 Å². The highest BCUT2D eigenvalue weighted by Crippen LogP contribution is 2.17. The van der Waals surface area contributed by atoms with Crippen molar-refractivity contribution in [2.75, 3.05) is 5.43 Å². The number of halogens is 3. The predicted molar refractivity (Wildman–Crippen MR) is 47.4 cm³/mol. The van der Waals surface area contributed by atoms with Gasteiger partial charge in [0.2, 0.25) is 0 Å². The lowest BCUT2D eigenvalue weighted by atomic mass is 10.3. The van der Waals surface area contributed by atoms with Crippen molar-refractivity contribution in [1.82, 2.24) is 4.68 Å². The van der Waals surface area contributed by atoms with E-state index in [0.29, 0.717) is 5.52 Å². The average Bonchev–Trinajstić information content (AvgIpc) is 2.47. The van der Waals surface area contributed by atoms with E-state index in [9.17, 15) is 13.2 Å². The Balaban J connectivity index is 2.44. The number of para-hydroxylation sites is 1. The second-order valence-electron chi connectivity index (χ2n) is 2.85. The van der Waals surface area contributed by atoms with Gasteiger partial charge in [-0.05, 0) is 12.1 Å². The second kappa shape index (κ2) is 2.94. The number of benzene rings is 1. The van der Waals surface area contributed by atoms with Crippen molar-refractivity contribution in [3.63, 3.8) is 0 Å². The van der Waals surface area contributed by atoms with E-state index in [0.717, 1.165) is 10.1 Å². The van der Waals surface area contributed by atoms with Crippen LogP contribution in [-0.4, -0.2) is 11.0 Å². The highest BCUT2D eigenvalue weighted by molar-refractivity contribution is 5.80. The summed E-state index contributed by atoms with van der Waals surface area (Å²) in [5, 5.41) is 0.768. The van der Waals surface area contributed by atoms with E-state index in [1.807, 2.05) is 0 Å². The molecule has 74 valence electrons. The molecule has 1 aromatic carbocycles. The van der Waals surface area contributed by atoms with Gasteiger partial charge in [0.25, 0.3) is 0 Å². The van der Waals surface area contributed by atoms with Crippen molar-refractivity contribution >= 4 is 10.9 Å². The molecule has 1 heterocycles. The molecule has 0 bridgehead atoms. The Hall–Kier alpha value is -1.65. The maximum absolute atomic E-state index is 12.0. The van der Waals surface area contributed by atoms with E-state index < -0.39 is 6.30 Å². The largest absolute Gasteiger partial charge is 0.496 e. The molecule has 0 saturated carbocycles. The summed E-state index contributed by atoms with van der Waals surface area (Å²) < 4.78 is 37.0. The van der Waals surface area contributed by atoms with E-state index >= 15 is 0 Å². The summed E-state index contributed by atoms with van der Waals surface area (Å²) in [4.78, 5) is 0. The fourth-order valence-electron chi connectivity index (χ4n) is 1.32. The first-order chi connectivity index (χ1) is 6.56. The zero-order valence-electron chi connectivity index (χ0n) is 7.05.